The molecule has 0 bridgehead atoms. The molecule has 0 spiro atoms. The van der Waals surface area contributed by atoms with Gasteiger partial charge in [-0.05, 0) is 40.7 Å². The van der Waals surface area contributed by atoms with E-state index in [2.05, 4.69) is 27.9 Å². The molecule has 1 aliphatic carbocycles. The SMILES string of the molecule is CSCCC(NC(=O)c1nn(C)cc1NC(=O)OCC1c2ccccc2-c2ccccc21)C(=O)O. The number of thioether (sulfide) groups is 1. The summed E-state index contributed by atoms with van der Waals surface area (Å²) >= 11 is 1.49. The van der Waals surface area contributed by atoms with E-state index >= 15 is 0 Å². The molecule has 3 aromatic rings. The van der Waals surface area contributed by atoms with Crippen LogP contribution in [0.1, 0.15) is 34.0 Å². The Labute approximate surface area is 206 Å². The van der Waals surface area contributed by atoms with Crippen LogP contribution in [0.2, 0.25) is 0 Å². The number of benzene rings is 2. The minimum atomic E-state index is -1.13. The average molecular weight is 495 g/mol. The fourth-order valence-electron chi connectivity index (χ4n) is 4.21. The molecule has 182 valence electrons. The minimum absolute atomic E-state index is 0.0867. The van der Waals surface area contributed by atoms with E-state index < -0.39 is 24.0 Å². The molecule has 9 nitrogen and oxygen atoms in total. The highest BCUT2D eigenvalue weighted by molar-refractivity contribution is 7.98. The fraction of sp³-hybridized carbons (Fsp3) is 0.280. The van der Waals surface area contributed by atoms with Crippen molar-refractivity contribution in [2.24, 2.45) is 7.05 Å². The predicted octanol–water partition coefficient (Wildman–Crippen LogP) is 3.72. The summed E-state index contributed by atoms with van der Waals surface area (Å²) in [5.41, 5.74) is 4.48. The van der Waals surface area contributed by atoms with E-state index in [9.17, 15) is 19.5 Å². The van der Waals surface area contributed by atoms with Gasteiger partial charge in [0.1, 0.15) is 12.6 Å². The zero-order valence-electron chi connectivity index (χ0n) is 19.4. The van der Waals surface area contributed by atoms with Crippen molar-refractivity contribution in [1.29, 1.82) is 0 Å². The number of ether oxygens (including phenoxy) is 1. The van der Waals surface area contributed by atoms with Crippen LogP contribution < -0.4 is 10.6 Å². The summed E-state index contributed by atoms with van der Waals surface area (Å²) in [5.74, 6) is -1.34. The average Bonchev–Trinajstić information content (AvgIpc) is 3.37. The highest BCUT2D eigenvalue weighted by atomic mass is 32.2. The van der Waals surface area contributed by atoms with Gasteiger partial charge in [0.05, 0.1) is 5.69 Å². The Bertz CT molecular complexity index is 1210. The summed E-state index contributed by atoms with van der Waals surface area (Å²) in [6.07, 6.45) is 2.86. The van der Waals surface area contributed by atoms with E-state index in [1.165, 1.54) is 22.6 Å². The number of rotatable bonds is 9. The first-order valence-corrected chi connectivity index (χ1v) is 12.5. The van der Waals surface area contributed by atoms with E-state index in [4.69, 9.17) is 4.74 Å². The highest BCUT2D eigenvalue weighted by Crippen LogP contribution is 2.44. The molecule has 0 radical (unpaired) electrons. The standard InChI is InChI=1S/C25H26N4O5S/c1-29-13-21(22(28-29)23(30)26-20(24(31)32)11-12-35-2)27-25(33)34-14-19-17-9-5-3-7-15(17)16-8-4-6-10-18(16)19/h3-10,13,19-20H,11-12,14H2,1-2H3,(H,26,30)(H,27,33)(H,31,32). The van der Waals surface area contributed by atoms with Gasteiger partial charge in [0.15, 0.2) is 5.69 Å². The highest BCUT2D eigenvalue weighted by Gasteiger charge is 2.29. The molecule has 3 N–H and O–H groups in total. The number of nitrogens with one attached hydrogen (secondary N) is 2. The van der Waals surface area contributed by atoms with Crippen molar-refractivity contribution in [3.63, 3.8) is 0 Å². The fourth-order valence-corrected chi connectivity index (χ4v) is 4.68. The van der Waals surface area contributed by atoms with Crippen LogP contribution in [-0.4, -0.2) is 57.5 Å². The molecule has 0 fully saturated rings. The molecule has 2 amide bonds. The normalized spacial score (nSPS) is 13.0. The number of carbonyl (C=O) groups is 3. The lowest BCUT2D eigenvalue weighted by atomic mass is 9.98. The Morgan fingerprint density at radius 1 is 1.11 bits per heavy atom. The lowest BCUT2D eigenvalue weighted by Gasteiger charge is -2.15. The Morgan fingerprint density at radius 3 is 2.34 bits per heavy atom. The third-order valence-corrected chi connectivity index (χ3v) is 6.48. The number of aromatic nitrogens is 2. The number of amides is 2. The zero-order valence-corrected chi connectivity index (χ0v) is 20.2. The number of nitrogens with zero attached hydrogens (tertiary/aromatic N) is 2. The molecule has 0 aliphatic heterocycles. The predicted molar refractivity (Wildman–Crippen MR) is 134 cm³/mol. The van der Waals surface area contributed by atoms with Crippen molar-refractivity contribution in [3.8, 4) is 11.1 Å². The monoisotopic (exact) mass is 494 g/mol. The molecule has 4 rings (SSSR count). The van der Waals surface area contributed by atoms with Gasteiger partial charge < -0.3 is 15.2 Å². The molecule has 1 heterocycles. The van der Waals surface area contributed by atoms with Crippen molar-refractivity contribution in [2.45, 2.75) is 18.4 Å². The molecule has 10 heteroatoms. The van der Waals surface area contributed by atoms with Crippen molar-refractivity contribution >= 4 is 35.4 Å². The molecule has 2 aromatic carbocycles. The largest absolute Gasteiger partial charge is 0.480 e. The van der Waals surface area contributed by atoms with Gasteiger partial charge in [-0.3, -0.25) is 14.8 Å². The van der Waals surface area contributed by atoms with Crippen LogP contribution in [0.15, 0.2) is 54.7 Å². The van der Waals surface area contributed by atoms with Gasteiger partial charge in [-0.15, -0.1) is 0 Å². The second kappa shape index (κ2) is 10.6. The van der Waals surface area contributed by atoms with E-state index in [1.54, 1.807) is 7.05 Å². The van der Waals surface area contributed by atoms with Crippen LogP contribution in [0.25, 0.3) is 11.1 Å². The molecule has 0 saturated heterocycles. The van der Waals surface area contributed by atoms with Gasteiger partial charge in [0.2, 0.25) is 0 Å². The van der Waals surface area contributed by atoms with Crippen LogP contribution >= 0.6 is 11.8 Å². The lowest BCUT2D eigenvalue weighted by molar-refractivity contribution is -0.139. The number of aliphatic carboxylic acids is 1. The van der Waals surface area contributed by atoms with E-state index in [1.807, 2.05) is 42.7 Å². The second-order valence-electron chi connectivity index (χ2n) is 8.16. The van der Waals surface area contributed by atoms with Gasteiger partial charge in [-0.2, -0.15) is 16.9 Å². The van der Waals surface area contributed by atoms with Crippen LogP contribution in [0.3, 0.4) is 0 Å². The number of carboxylic acid groups (broad SMARTS) is 1. The van der Waals surface area contributed by atoms with Crippen LogP contribution in [0, 0.1) is 0 Å². The second-order valence-corrected chi connectivity index (χ2v) is 9.15. The van der Waals surface area contributed by atoms with Crippen molar-refractivity contribution in [1.82, 2.24) is 15.1 Å². The summed E-state index contributed by atoms with van der Waals surface area (Å²) in [7, 11) is 1.60. The Balaban J connectivity index is 1.43. The first-order valence-electron chi connectivity index (χ1n) is 11.1. The minimum Gasteiger partial charge on any atom is -0.480 e. The molecule has 1 unspecified atom stereocenters. The smallest absolute Gasteiger partial charge is 0.411 e. The third kappa shape index (κ3) is 5.32. The number of fused-ring (bicyclic) bond motifs is 3. The van der Waals surface area contributed by atoms with E-state index in [0.717, 1.165) is 22.3 Å². The molecule has 35 heavy (non-hydrogen) atoms. The molecular weight excluding hydrogens is 468 g/mol. The first-order chi connectivity index (χ1) is 16.9. The van der Waals surface area contributed by atoms with Gasteiger partial charge in [0, 0.05) is 19.2 Å². The van der Waals surface area contributed by atoms with Gasteiger partial charge in [-0.1, -0.05) is 48.5 Å². The maximum Gasteiger partial charge on any atom is 0.411 e. The van der Waals surface area contributed by atoms with Crippen LogP contribution in [-0.2, 0) is 16.6 Å². The zero-order chi connectivity index (χ0) is 24.9. The molecular formula is C25H26N4O5S. The van der Waals surface area contributed by atoms with Gasteiger partial charge in [-0.25, -0.2) is 9.59 Å². The number of hydrogen-bond acceptors (Lipinski definition) is 6. The summed E-state index contributed by atoms with van der Waals surface area (Å²) in [6.45, 7) is 0.122. The summed E-state index contributed by atoms with van der Waals surface area (Å²) in [6, 6.07) is 15.0. The van der Waals surface area contributed by atoms with Gasteiger partial charge >= 0.3 is 12.1 Å². The Kier molecular flexibility index (Phi) is 7.40. The number of aryl methyl sites for hydroxylation is 1. The maximum absolute atomic E-state index is 12.7. The Hall–Kier alpha value is -3.79. The Morgan fingerprint density at radius 2 is 1.74 bits per heavy atom. The molecule has 0 saturated carbocycles. The quantitative estimate of drug-likeness (QED) is 0.414. The number of carbonyl (C=O) groups excluding carboxylic acids is 2. The summed E-state index contributed by atoms with van der Waals surface area (Å²) < 4.78 is 6.91. The number of hydrogen-bond donors (Lipinski definition) is 3. The number of anilines is 1. The topological polar surface area (TPSA) is 123 Å². The summed E-state index contributed by atoms with van der Waals surface area (Å²) in [4.78, 5) is 36.9. The van der Waals surface area contributed by atoms with Crippen LogP contribution in [0.4, 0.5) is 10.5 Å². The van der Waals surface area contributed by atoms with Gasteiger partial charge in [0.25, 0.3) is 5.91 Å². The van der Waals surface area contributed by atoms with Crippen molar-refractivity contribution in [2.75, 3.05) is 23.9 Å². The summed E-state index contributed by atoms with van der Waals surface area (Å²) in [5, 5.41) is 18.5. The van der Waals surface area contributed by atoms with Crippen molar-refractivity contribution < 1.29 is 24.2 Å². The molecule has 1 aliphatic rings. The maximum atomic E-state index is 12.7. The first kappa shape index (κ1) is 24.3. The third-order valence-electron chi connectivity index (χ3n) is 5.84. The van der Waals surface area contributed by atoms with Crippen molar-refractivity contribution in [3.05, 3.63) is 71.5 Å². The van der Waals surface area contributed by atoms with E-state index in [0.29, 0.717) is 5.75 Å². The van der Waals surface area contributed by atoms with E-state index in [-0.39, 0.29) is 30.3 Å². The lowest BCUT2D eigenvalue weighted by Crippen LogP contribution is -2.41. The number of carboxylic acids is 1. The molecule has 1 aromatic heterocycles. The molecule has 1 atom stereocenters. The van der Waals surface area contributed by atoms with Crippen LogP contribution in [0.5, 0.6) is 0 Å².